The average Bonchev–Trinajstić information content (AvgIpc) is 2.72. The van der Waals surface area contributed by atoms with E-state index >= 15 is 4.39 Å². The summed E-state index contributed by atoms with van der Waals surface area (Å²) in [6.07, 6.45) is 3.94. The minimum Gasteiger partial charge on any atom is -0.206 e. The van der Waals surface area contributed by atoms with Gasteiger partial charge >= 0.3 is 0 Å². The summed E-state index contributed by atoms with van der Waals surface area (Å²) >= 11 is 0. The summed E-state index contributed by atoms with van der Waals surface area (Å²) in [5, 5.41) is 0. The largest absolute Gasteiger partial charge is 0.206 e. The summed E-state index contributed by atoms with van der Waals surface area (Å²) in [6.45, 7) is 2.10. The molecule has 0 nitrogen and oxygen atoms in total. The molecule has 0 N–H and O–H groups in total. The molecule has 4 heteroatoms. The Morgan fingerprint density at radius 3 is 2.11 bits per heavy atom. The van der Waals surface area contributed by atoms with Gasteiger partial charge in [-0.1, -0.05) is 49.4 Å². The number of halogens is 4. The molecule has 0 saturated carbocycles. The average molecular weight is 382 g/mol. The van der Waals surface area contributed by atoms with Crippen molar-refractivity contribution in [2.45, 2.75) is 26.2 Å². The van der Waals surface area contributed by atoms with E-state index in [1.54, 1.807) is 6.07 Å². The maximum atomic E-state index is 15.1. The van der Waals surface area contributed by atoms with Crippen LogP contribution in [0.2, 0.25) is 0 Å². The van der Waals surface area contributed by atoms with Crippen molar-refractivity contribution < 1.29 is 17.6 Å². The number of benzene rings is 3. The first-order valence-electron chi connectivity index (χ1n) is 9.21. The van der Waals surface area contributed by atoms with Gasteiger partial charge in [-0.15, -0.1) is 0 Å². The summed E-state index contributed by atoms with van der Waals surface area (Å²) in [4.78, 5) is 0. The second-order valence-corrected chi connectivity index (χ2v) is 6.98. The Morgan fingerprint density at radius 1 is 0.786 bits per heavy atom. The number of fused-ring (bicyclic) bond motifs is 1. The summed E-state index contributed by atoms with van der Waals surface area (Å²) < 4.78 is 55.3. The molecule has 1 aliphatic rings. The Morgan fingerprint density at radius 2 is 1.46 bits per heavy atom. The Kier molecular flexibility index (Phi) is 4.80. The number of allylic oxidation sites excluding steroid dienone is 2. The zero-order valence-electron chi connectivity index (χ0n) is 15.3. The lowest BCUT2D eigenvalue weighted by atomic mass is 9.85. The van der Waals surface area contributed by atoms with Crippen molar-refractivity contribution in [2.75, 3.05) is 0 Å². The molecule has 3 aromatic carbocycles. The Bertz CT molecular complexity index is 1060. The quantitative estimate of drug-likeness (QED) is 0.351. The van der Waals surface area contributed by atoms with Crippen molar-refractivity contribution in [1.82, 2.24) is 0 Å². The molecule has 0 aliphatic heterocycles. The highest BCUT2D eigenvalue weighted by Crippen LogP contribution is 2.34. The lowest BCUT2D eigenvalue weighted by molar-refractivity contribution is 0.447. The number of aryl methyl sites for hydroxylation is 1. The predicted octanol–water partition coefficient (Wildman–Crippen LogP) is 6.65. The third kappa shape index (κ3) is 3.24. The van der Waals surface area contributed by atoms with Gasteiger partial charge in [-0.25, -0.2) is 17.6 Å². The van der Waals surface area contributed by atoms with E-state index in [0.717, 1.165) is 35.3 Å². The van der Waals surface area contributed by atoms with Crippen LogP contribution in [0.15, 0.2) is 54.6 Å². The molecule has 0 amide bonds. The van der Waals surface area contributed by atoms with E-state index in [2.05, 4.69) is 31.2 Å². The minimum absolute atomic E-state index is 0.0124. The monoisotopic (exact) mass is 382 g/mol. The standard InChI is InChI=1S/C24H18F4/c1-2-14-3-5-15(6-4-14)16-7-9-19-17(11-16)8-10-20(23(19)27)18-12-21(25)24(28)22(26)13-18/h3-8,10,12-13H,2,9,11H2,1H3. The minimum atomic E-state index is -1.55. The number of rotatable bonds is 3. The smallest absolute Gasteiger partial charge is 0.194 e. The molecule has 0 fully saturated rings. The van der Waals surface area contributed by atoms with Crippen LogP contribution in [0.1, 0.15) is 29.2 Å². The molecule has 0 heterocycles. The van der Waals surface area contributed by atoms with Crippen LogP contribution < -0.4 is 0 Å². The molecule has 28 heavy (non-hydrogen) atoms. The van der Waals surface area contributed by atoms with Crippen molar-refractivity contribution in [3.8, 4) is 11.1 Å². The van der Waals surface area contributed by atoms with Gasteiger partial charge in [0, 0.05) is 5.56 Å². The van der Waals surface area contributed by atoms with Crippen LogP contribution in [0.5, 0.6) is 0 Å². The molecular weight excluding hydrogens is 364 g/mol. The zero-order valence-corrected chi connectivity index (χ0v) is 15.3. The fourth-order valence-electron chi connectivity index (χ4n) is 3.66. The van der Waals surface area contributed by atoms with Crippen molar-refractivity contribution in [1.29, 1.82) is 0 Å². The molecule has 0 bridgehead atoms. The fraction of sp³-hybridized carbons (Fsp3) is 0.167. The Hall–Kier alpha value is -2.88. The van der Waals surface area contributed by atoms with Crippen LogP contribution in [0.3, 0.4) is 0 Å². The molecule has 142 valence electrons. The molecule has 4 rings (SSSR count). The number of hydrogen-bond donors (Lipinski definition) is 0. The van der Waals surface area contributed by atoms with Gasteiger partial charge in [0.2, 0.25) is 0 Å². The highest BCUT2D eigenvalue weighted by Gasteiger charge is 2.20. The SMILES string of the molecule is CCc1ccc(C2=CCc3c(ccc(-c4cc(F)c(F)c(F)c4)c3F)C2)cc1. The molecule has 0 radical (unpaired) electrons. The fourth-order valence-corrected chi connectivity index (χ4v) is 3.66. The molecule has 0 atom stereocenters. The van der Waals surface area contributed by atoms with Gasteiger partial charge in [-0.05, 0) is 64.8 Å². The van der Waals surface area contributed by atoms with E-state index in [-0.39, 0.29) is 11.1 Å². The molecule has 0 unspecified atom stereocenters. The second kappa shape index (κ2) is 7.27. The Balaban J connectivity index is 1.68. The molecule has 0 aromatic heterocycles. The normalized spacial score (nSPS) is 13.2. The van der Waals surface area contributed by atoms with Crippen LogP contribution in [-0.4, -0.2) is 0 Å². The van der Waals surface area contributed by atoms with E-state index in [9.17, 15) is 13.2 Å². The van der Waals surface area contributed by atoms with Crippen molar-refractivity contribution in [3.63, 3.8) is 0 Å². The van der Waals surface area contributed by atoms with Gasteiger partial charge < -0.3 is 0 Å². The third-order valence-corrected chi connectivity index (χ3v) is 5.30. The van der Waals surface area contributed by atoms with Crippen LogP contribution in [-0.2, 0) is 19.3 Å². The number of hydrogen-bond acceptors (Lipinski definition) is 0. The first kappa shape index (κ1) is 18.5. The third-order valence-electron chi connectivity index (χ3n) is 5.30. The molecule has 3 aromatic rings. The first-order valence-corrected chi connectivity index (χ1v) is 9.21. The zero-order chi connectivity index (χ0) is 19.8. The topological polar surface area (TPSA) is 0 Å². The second-order valence-electron chi connectivity index (χ2n) is 6.98. The van der Waals surface area contributed by atoms with Crippen molar-refractivity contribution in [3.05, 3.63) is 100 Å². The summed E-state index contributed by atoms with van der Waals surface area (Å²) in [7, 11) is 0. The van der Waals surface area contributed by atoms with Crippen LogP contribution in [0.25, 0.3) is 16.7 Å². The van der Waals surface area contributed by atoms with E-state index in [1.165, 1.54) is 11.6 Å². The van der Waals surface area contributed by atoms with E-state index in [4.69, 9.17) is 0 Å². The molecule has 0 spiro atoms. The van der Waals surface area contributed by atoms with Gasteiger partial charge in [0.05, 0.1) is 0 Å². The maximum Gasteiger partial charge on any atom is 0.194 e. The van der Waals surface area contributed by atoms with Gasteiger partial charge in [0.25, 0.3) is 0 Å². The molecular formula is C24H18F4. The van der Waals surface area contributed by atoms with Crippen LogP contribution in [0.4, 0.5) is 17.6 Å². The van der Waals surface area contributed by atoms with Gasteiger partial charge in [-0.3, -0.25) is 0 Å². The van der Waals surface area contributed by atoms with Crippen LogP contribution >= 0.6 is 0 Å². The summed E-state index contributed by atoms with van der Waals surface area (Å²) in [6, 6.07) is 13.3. The van der Waals surface area contributed by atoms with E-state index in [0.29, 0.717) is 18.4 Å². The lowest BCUT2D eigenvalue weighted by Crippen LogP contribution is -2.07. The van der Waals surface area contributed by atoms with Crippen molar-refractivity contribution >= 4 is 5.57 Å². The highest BCUT2D eigenvalue weighted by atomic mass is 19.2. The Labute approximate surface area is 161 Å². The van der Waals surface area contributed by atoms with Gasteiger partial charge in [0.15, 0.2) is 17.5 Å². The van der Waals surface area contributed by atoms with Gasteiger partial charge in [-0.2, -0.15) is 0 Å². The molecule has 0 saturated heterocycles. The molecule has 1 aliphatic carbocycles. The maximum absolute atomic E-state index is 15.1. The summed E-state index contributed by atoms with van der Waals surface area (Å²) in [5.41, 5.74) is 4.91. The van der Waals surface area contributed by atoms with E-state index < -0.39 is 23.3 Å². The highest BCUT2D eigenvalue weighted by molar-refractivity contribution is 5.73. The lowest BCUT2D eigenvalue weighted by Gasteiger charge is -2.20. The predicted molar refractivity (Wildman–Crippen MR) is 103 cm³/mol. The van der Waals surface area contributed by atoms with E-state index in [1.807, 2.05) is 6.08 Å². The van der Waals surface area contributed by atoms with Crippen LogP contribution in [0, 0.1) is 23.3 Å². The van der Waals surface area contributed by atoms with Crippen molar-refractivity contribution in [2.24, 2.45) is 0 Å². The van der Waals surface area contributed by atoms with Gasteiger partial charge in [0.1, 0.15) is 5.82 Å². The first-order chi connectivity index (χ1) is 13.5. The summed E-state index contributed by atoms with van der Waals surface area (Å²) in [5.74, 6) is -4.72.